The molecule has 3 heteroatoms. The van der Waals surface area contributed by atoms with E-state index in [1.807, 2.05) is 0 Å². The van der Waals surface area contributed by atoms with Crippen molar-refractivity contribution in [1.82, 2.24) is 10.2 Å². The first kappa shape index (κ1) is 13.9. The predicted molar refractivity (Wildman–Crippen MR) is 68.8 cm³/mol. The highest BCUT2D eigenvalue weighted by Gasteiger charge is 2.31. The van der Waals surface area contributed by atoms with Crippen LogP contribution in [0.2, 0.25) is 0 Å². The Balaban J connectivity index is 2.63. The van der Waals surface area contributed by atoms with E-state index in [-0.39, 0.29) is 0 Å². The maximum Gasteiger partial charge on any atom is 0.0615 e. The van der Waals surface area contributed by atoms with Crippen LogP contribution in [0.25, 0.3) is 0 Å². The van der Waals surface area contributed by atoms with Crippen LogP contribution >= 0.6 is 0 Å². The number of rotatable bonds is 5. The monoisotopic (exact) mass is 228 g/mol. The zero-order chi connectivity index (χ0) is 12.1. The van der Waals surface area contributed by atoms with E-state index < -0.39 is 0 Å². The van der Waals surface area contributed by atoms with E-state index >= 15 is 0 Å². The zero-order valence-electron chi connectivity index (χ0n) is 11.5. The molecule has 3 nitrogen and oxygen atoms in total. The van der Waals surface area contributed by atoms with E-state index in [0.29, 0.717) is 24.0 Å². The Hall–Kier alpha value is -0.120. The van der Waals surface area contributed by atoms with Gasteiger partial charge in [0.1, 0.15) is 0 Å². The van der Waals surface area contributed by atoms with E-state index in [1.165, 1.54) is 6.42 Å². The highest BCUT2D eigenvalue weighted by molar-refractivity contribution is 4.89. The third-order valence-electron chi connectivity index (χ3n) is 3.71. The van der Waals surface area contributed by atoms with E-state index in [0.717, 1.165) is 19.7 Å². The summed E-state index contributed by atoms with van der Waals surface area (Å²) in [6.45, 7) is 12.3. The molecule has 1 rings (SSSR count). The second-order valence-electron chi connectivity index (χ2n) is 5.33. The molecule has 0 spiro atoms. The number of nitrogens with zero attached hydrogens (tertiary/aromatic N) is 1. The largest absolute Gasteiger partial charge is 0.383 e. The van der Waals surface area contributed by atoms with Crippen LogP contribution in [0.5, 0.6) is 0 Å². The van der Waals surface area contributed by atoms with E-state index in [9.17, 15) is 0 Å². The number of hydrogen-bond donors (Lipinski definition) is 1. The Morgan fingerprint density at radius 3 is 2.56 bits per heavy atom. The zero-order valence-corrected chi connectivity index (χ0v) is 11.5. The van der Waals surface area contributed by atoms with Gasteiger partial charge in [0.15, 0.2) is 0 Å². The predicted octanol–water partition coefficient (Wildman–Crippen LogP) is 1.73. The number of ether oxygens (including phenoxy) is 1. The molecule has 0 aliphatic carbocycles. The number of hydrogen-bond acceptors (Lipinski definition) is 3. The molecular formula is C13H28N2O. The van der Waals surface area contributed by atoms with Gasteiger partial charge in [0, 0.05) is 38.3 Å². The van der Waals surface area contributed by atoms with Crippen LogP contribution in [0.3, 0.4) is 0 Å². The number of piperazine rings is 1. The maximum atomic E-state index is 5.29. The van der Waals surface area contributed by atoms with Crippen LogP contribution in [0.1, 0.15) is 34.1 Å². The van der Waals surface area contributed by atoms with Crippen LogP contribution in [-0.4, -0.2) is 49.8 Å². The van der Waals surface area contributed by atoms with Gasteiger partial charge in [-0.1, -0.05) is 20.8 Å². The normalized spacial score (nSPS) is 29.6. The van der Waals surface area contributed by atoms with E-state index in [1.54, 1.807) is 7.11 Å². The highest BCUT2D eigenvalue weighted by atomic mass is 16.5. The SMILES string of the molecule is CCC1CN(C(C)COC)C(C(C)C)CN1. The highest BCUT2D eigenvalue weighted by Crippen LogP contribution is 2.19. The fraction of sp³-hybridized carbons (Fsp3) is 1.00. The Morgan fingerprint density at radius 1 is 1.38 bits per heavy atom. The fourth-order valence-electron chi connectivity index (χ4n) is 2.59. The first-order valence-electron chi connectivity index (χ1n) is 6.58. The summed E-state index contributed by atoms with van der Waals surface area (Å²) < 4.78 is 5.29. The standard InChI is InChI=1S/C13H28N2O/c1-6-12-8-15(11(4)9-16-5)13(7-14-12)10(2)3/h10-14H,6-9H2,1-5H3. The molecule has 1 heterocycles. The van der Waals surface area contributed by atoms with Crippen molar-refractivity contribution in [1.29, 1.82) is 0 Å². The van der Waals surface area contributed by atoms with Gasteiger partial charge < -0.3 is 10.1 Å². The minimum absolute atomic E-state index is 0.522. The van der Waals surface area contributed by atoms with Crippen molar-refractivity contribution in [3.05, 3.63) is 0 Å². The van der Waals surface area contributed by atoms with Gasteiger partial charge in [0.05, 0.1) is 6.61 Å². The van der Waals surface area contributed by atoms with Crippen LogP contribution in [0.4, 0.5) is 0 Å². The molecule has 16 heavy (non-hydrogen) atoms. The molecule has 1 N–H and O–H groups in total. The van der Waals surface area contributed by atoms with Gasteiger partial charge in [-0.05, 0) is 19.3 Å². The molecule has 0 radical (unpaired) electrons. The number of nitrogens with one attached hydrogen (secondary N) is 1. The first-order valence-corrected chi connectivity index (χ1v) is 6.58. The Morgan fingerprint density at radius 2 is 2.06 bits per heavy atom. The maximum absolute atomic E-state index is 5.29. The third kappa shape index (κ3) is 3.44. The summed E-state index contributed by atoms with van der Waals surface area (Å²) >= 11 is 0. The summed E-state index contributed by atoms with van der Waals surface area (Å²) in [7, 11) is 1.79. The molecule has 0 bridgehead atoms. The first-order chi connectivity index (χ1) is 7.60. The molecule has 0 amide bonds. The molecule has 3 atom stereocenters. The lowest BCUT2D eigenvalue weighted by Crippen LogP contribution is -2.61. The second-order valence-corrected chi connectivity index (χ2v) is 5.33. The van der Waals surface area contributed by atoms with Crippen molar-refractivity contribution >= 4 is 0 Å². The lowest BCUT2D eigenvalue weighted by Gasteiger charge is -2.45. The minimum Gasteiger partial charge on any atom is -0.383 e. The van der Waals surface area contributed by atoms with Crippen molar-refractivity contribution < 1.29 is 4.74 Å². The van der Waals surface area contributed by atoms with Crippen LogP contribution < -0.4 is 5.32 Å². The van der Waals surface area contributed by atoms with Gasteiger partial charge in [0.2, 0.25) is 0 Å². The summed E-state index contributed by atoms with van der Waals surface area (Å²) in [4.78, 5) is 2.62. The Kier molecular flexibility index (Phi) is 5.73. The van der Waals surface area contributed by atoms with Crippen molar-refractivity contribution in [3.8, 4) is 0 Å². The van der Waals surface area contributed by atoms with Gasteiger partial charge in [-0.15, -0.1) is 0 Å². The third-order valence-corrected chi connectivity index (χ3v) is 3.71. The summed E-state index contributed by atoms with van der Waals surface area (Å²) in [6.07, 6.45) is 1.21. The van der Waals surface area contributed by atoms with Gasteiger partial charge in [-0.3, -0.25) is 4.90 Å². The van der Waals surface area contributed by atoms with Crippen LogP contribution in [-0.2, 0) is 4.74 Å². The molecule has 0 aromatic carbocycles. The minimum atomic E-state index is 0.522. The van der Waals surface area contributed by atoms with Crippen LogP contribution in [0, 0.1) is 5.92 Å². The van der Waals surface area contributed by atoms with Gasteiger partial charge in [-0.25, -0.2) is 0 Å². The Labute approximate surface area is 101 Å². The Bertz CT molecular complexity index is 196. The van der Waals surface area contributed by atoms with Gasteiger partial charge in [0.25, 0.3) is 0 Å². The number of methoxy groups -OCH3 is 1. The van der Waals surface area contributed by atoms with Crippen molar-refractivity contribution in [2.45, 2.75) is 52.2 Å². The molecule has 1 saturated heterocycles. The average molecular weight is 228 g/mol. The topological polar surface area (TPSA) is 24.5 Å². The second kappa shape index (κ2) is 6.58. The van der Waals surface area contributed by atoms with Crippen LogP contribution in [0.15, 0.2) is 0 Å². The molecule has 1 aliphatic rings. The summed E-state index contributed by atoms with van der Waals surface area (Å²) in [5, 5.41) is 3.64. The molecule has 3 unspecified atom stereocenters. The molecule has 1 fully saturated rings. The summed E-state index contributed by atoms with van der Waals surface area (Å²) in [5.74, 6) is 0.699. The van der Waals surface area contributed by atoms with Gasteiger partial charge >= 0.3 is 0 Å². The van der Waals surface area contributed by atoms with Crippen molar-refractivity contribution in [2.24, 2.45) is 5.92 Å². The molecular weight excluding hydrogens is 200 g/mol. The molecule has 1 aliphatic heterocycles. The summed E-state index contributed by atoms with van der Waals surface area (Å²) in [6, 6.07) is 1.82. The molecule has 0 aromatic rings. The lowest BCUT2D eigenvalue weighted by molar-refractivity contribution is 0.0238. The van der Waals surface area contributed by atoms with Crippen molar-refractivity contribution in [2.75, 3.05) is 26.8 Å². The fourth-order valence-corrected chi connectivity index (χ4v) is 2.59. The quantitative estimate of drug-likeness (QED) is 0.775. The van der Waals surface area contributed by atoms with Crippen molar-refractivity contribution in [3.63, 3.8) is 0 Å². The van der Waals surface area contributed by atoms with E-state index in [2.05, 4.69) is 37.9 Å². The van der Waals surface area contributed by atoms with E-state index in [4.69, 9.17) is 4.74 Å². The van der Waals surface area contributed by atoms with Gasteiger partial charge in [-0.2, -0.15) is 0 Å². The average Bonchev–Trinajstić information content (AvgIpc) is 2.28. The molecule has 0 saturated carbocycles. The molecule has 0 aromatic heterocycles. The lowest BCUT2D eigenvalue weighted by atomic mass is 9.96. The molecule has 96 valence electrons. The smallest absolute Gasteiger partial charge is 0.0615 e. The summed E-state index contributed by atoms with van der Waals surface area (Å²) in [5.41, 5.74) is 0.